The molecule has 22 heavy (non-hydrogen) atoms. The molecule has 0 saturated carbocycles. The molecule has 118 valence electrons. The number of hydrogen-bond donors (Lipinski definition) is 1. The van der Waals surface area contributed by atoms with Gasteiger partial charge in [-0.15, -0.1) is 0 Å². The Morgan fingerprint density at radius 1 is 1.41 bits per heavy atom. The van der Waals surface area contributed by atoms with Gasteiger partial charge in [-0.3, -0.25) is 9.69 Å². The van der Waals surface area contributed by atoms with Crippen LogP contribution in [0.1, 0.15) is 19.8 Å². The lowest BCUT2D eigenvalue weighted by molar-refractivity contribution is -0.121. The van der Waals surface area contributed by atoms with E-state index in [9.17, 15) is 4.79 Å². The molecule has 4 nitrogen and oxygen atoms in total. The molecule has 1 fully saturated rings. The van der Waals surface area contributed by atoms with E-state index >= 15 is 0 Å². The number of nitrogens with one attached hydrogen (secondary N) is 1. The predicted octanol–water partition coefficient (Wildman–Crippen LogP) is 3.00. The zero-order valence-electron chi connectivity index (χ0n) is 12.9. The molecule has 1 aromatic carbocycles. The lowest BCUT2D eigenvalue weighted by Gasteiger charge is -2.22. The lowest BCUT2D eigenvalue weighted by atomic mass is 10.2. The van der Waals surface area contributed by atoms with Crippen molar-refractivity contribution in [1.29, 1.82) is 0 Å². The number of rotatable bonds is 5. The van der Waals surface area contributed by atoms with E-state index in [1.165, 1.54) is 12.8 Å². The molecule has 0 aliphatic carbocycles. The second-order valence-electron chi connectivity index (χ2n) is 5.88. The number of likely N-dealkylation sites (N-methyl/N-ethyl adjacent to an activating group) is 1. The van der Waals surface area contributed by atoms with Crippen molar-refractivity contribution < 1.29 is 4.79 Å². The van der Waals surface area contributed by atoms with Gasteiger partial charge in [0.2, 0.25) is 5.91 Å². The first-order chi connectivity index (χ1) is 10.7. The Kier molecular flexibility index (Phi) is 4.84. The maximum atomic E-state index is 12.2. The van der Waals surface area contributed by atoms with Crippen LogP contribution in [-0.2, 0) is 11.3 Å². The first kappa shape index (κ1) is 15.6. The zero-order valence-corrected chi connectivity index (χ0v) is 14.5. The average molecular weight is 364 g/mol. The van der Waals surface area contributed by atoms with Crippen LogP contribution in [0.4, 0.5) is 0 Å². The fourth-order valence-corrected chi connectivity index (χ4v) is 3.67. The smallest absolute Gasteiger partial charge is 0.239 e. The van der Waals surface area contributed by atoms with Crippen LogP contribution in [0.5, 0.6) is 0 Å². The summed E-state index contributed by atoms with van der Waals surface area (Å²) in [6.07, 6.45) is 4.41. The van der Waals surface area contributed by atoms with Crippen LogP contribution in [0.2, 0.25) is 0 Å². The number of aromatic nitrogens is 1. The van der Waals surface area contributed by atoms with E-state index in [-0.39, 0.29) is 5.91 Å². The van der Waals surface area contributed by atoms with E-state index in [2.05, 4.69) is 39.1 Å². The SMILES string of the molecule is CCN1CCC[C@H]1CNC(=O)Cn1ccc2cc(Br)ccc21. The standard InChI is InChI=1S/C17H22BrN3O/c1-2-20-8-3-4-15(20)11-19-17(22)12-21-9-7-13-10-14(18)5-6-16(13)21/h5-7,9-10,15H,2-4,8,11-12H2,1H3,(H,19,22)/t15-/m0/s1. The van der Waals surface area contributed by atoms with Gasteiger partial charge in [0, 0.05) is 34.2 Å². The van der Waals surface area contributed by atoms with E-state index in [0.717, 1.165) is 35.0 Å². The molecule has 0 unspecified atom stereocenters. The van der Waals surface area contributed by atoms with Crippen LogP contribution in [0.15, 0.2) is 34.9 Å². The normalized spacial score (nSPS) is 18.9. The number of hydrogen-bond acceptors (Lipinski definition) is 2. The molecule has 2 heterocycles. The van der Waals surface area contributed by atoms with Crippen molar-refractivity contribution in [2.24, 2.45) is 0 Å². The molecule has 1 aliphatic rings. The second-order valence-corrected chi connectivity index (χ2v) is 6.79. The highest BCUT2D eigenvalue weighted by Gasteiger charge is 2.23. The van der Waals surface area contributed by atoms with Crippen molar-refractivity contribution in [3.05, 3.63) is 34.9 Å². The number of amides is 1. The summed E-state index contributed by atoms with van der Waals surface area (Å²) in [6, 6.07) is 8.67. The third-order valence-electron chi connectivity index (χ3n) is 4.49. The largest absolute Gasteiger partial charge is 0.353 e. The van der Waals surface area contributed by atoms with Gasteiger partial charge in [0.1, 0.15) is 6.54 Å². The van der Waals surface area contributed by atoms with Gasteiger partial charge in [-0.05, 0) is 50.2 Å². The molecule has 1 saturated heterocycles. The summed E-state index contributed by atoms with van der Waals surface area (Å²) in [5, 5.41) is 4.24. The van der Waals surface area contributed by atoms with Crippen LogP contribution < -0.4 is 5.32 Å². The summed E-state index contributed by atoms with van der Waals surface area (Å²) in [7, 11) is 0. The third kappa shape index (κ3) is 3.36. The third-order valence-corrected chi connectivity index (χ3v) is 4.98. The first-order valence-corrected chi connectivity index (χ1v) is 8.72. The summed E-state index contributed by atoms with van der Waals surface area (Å²) >= 11 is 3.47. The average Bonchev–Trinajstić information content (AvgIpc) is 3.11. The molecule has 1 aliphatic heterocycles. The Balaban J connectivity index is 1.59. The molecule has 2 aromatic rings. The Bertz CT molecular complexity index is 667. The number of likely N-dealkylation sites (tertiary alicyclic amines) is 1. The van der Waals surface area contributed by atoms with Gasteiger partial charge in [-0.2, -0.15) is 0 Å². The summed E-state index contributed by atoms with van der Waals surface area (Å²) in [6.45, 7) is 5.55. The topological polar surface area (TPSA) is 37.3 Å². The van der Waals surface area contributed by atoms with Crippen molar-refractivity contribution in [2.45, 2.75) is 32.4 Å². The van der Waals surface area contributed by atoms with Crippen LogP contribution >= 0.6 is 15.9 Å². The van der Waals surface area contributed by atoms with E-state index in [1.807, 2.05) is 29.0 Å². The van der Waals surface area contributed by atoms with Crippen LogP contribution in [-0.4, -0.2) is 41.1 Å². The van der Waals surface area contributed by atoms with Crippen LogP contribution in [0.3, 0.4) is 0 Å². The van der Waals surface area contributed by atoms with Crippen LogP contribution in [0, 0.1) is 0 Å². The van der Waals surface area contributed by atoms with Crippen molar-refractivity contribution in [3.63, 3.8) is 0 Å². The maximum absolute atomic E-state index is 12.2. The Labute approximate surface area is 139 Å². The van der Waals surface area contributed by atoms with Gasteiger partial charge in [-0.25, -0.2) is 0 Å². The first-order valence-electron chi connectivity index (χ1n) is 7.92. The molecule has 0 radical (unpaired) electrons. The molecular weight excluding hydrogens is 342 g/mol. The van der Waals surface area contributed by atoms with Crippen LogP contribution in [0.25, 0.3) is 10.9 Å². The van der Waals surface area contributed by atoms with Gasteiger partial charge in [0.25, 0.3) is 0 Å². The van der Waals surface area contributed by atoms with Gasteiger partial charge >= 0.3 is 0 Å². The molecule has 0 bridgehead atoms. The maximum Gasteiger partial charge on any atom is 0.239 e. The highest BCUT2D eigenvalue weighted by Crippen LogP contribution is 2.21. The Hall–Kier alpha value is -1.33. The van der Waals surface area contributed by atoms with Gasteiger partial charge in [-0.1, -0.05) is 22.9 Å². The monoisotopic (exact) mass is 363 g/mol. The highest BCUT2D eigenvalue weighted by molar-refractivity contribution is 9.10. The van der Waals surface area contributed by atoms with Gasteiger partial charge in [0.05, 0.1) is 0 Å². The lowest BCUT2D eigenvalue weighted by Crippen LogP contribution is -2.40. The summed E-state index contributed by atoms with van der Waals surface area (Å²) in [4.78, 5) is 14.7. The number of nitrogens with zero attached hydrogens (tertiary/aromatic N) is 2. The summed E-state index contributed by atoms with van der Waals surface area (Å²) < 4.78 is 3.06. The van der Waals surface area contributed by atoms with Gasteiger partial charge in [0.15, 0.2) is 0 Å². The molecular formula is C17H22BrN3O. The molecule has 1 amide bonds. The van der Waals surface area contributed by atoms with E-state index in [0.29, 0.717) is 12.6 Å². The van der Waals surface area contributed by atoms with E-state index in [1.54, 1.807) is 0 Å². The molecule has 0 spiro atoms. The number of carbonyl (C=O) groups excluding carboxylic acids is 1. The number of halogens is 1. The van der Waals surface area contributed by atoms with Crippen molar-refractivity contribution in [2.75, 3.05) is 19.6 Å². The number of benzene rings is 1. The molecule has 1 atom stereocenters. The Morgan fingerprint density at radius 2 is 2.27 bits per heavy atom. The summed E-state index contributed by atoms with van der Waals surface area (Å²) in [5.41, 5.74) is 1.09. The minimum Gasteiger partial charge on any atom is -0.353 e. The van der Waals surface area contributed by atoms with Crippen molar-refractivity contribution in [3.8, 4) is 0 Å². The van der Waals surface area contributed by atoms with E-state index < -0.39 is 0 Å². The summed E-state index contributed by atoms with van der Waals surface area (Å²) in [5.74, 6) is 0.0865. The molecule has 3 rings (SSSR count). The van der Waals surface area contributed by atoms with E-state index in [4.69, 9.17) is 0 Å². The minimum absolute atomic E-state index is 0.0865. The quantitative estimate of drug-likeness (QED) is 0.886. The predicted molar refractivity (Wildman–Crippen MR) is 92.9 cm³/mol. The second kappa shape index (κ2) is 6.84. The van der Waals surface area contributed by atoms with Crippen molar-refractivity contribution >= 4 is 32.7 Å². The van der Waals surface area contributed by atoms with Crippen molar-refractivity contribution in [1.82, 2.24) is 14.8 Å². The molecule has 1 N–H and O–H groups in total. The molecule has 1 aromatic heterocycles. The highest BCUT2D eigenvalue weighted by atomic mass is 79.9. The minimum atomic E-state index is 0.0865. The molecule has 5 heteroatoms. The number of fused-ring (bicyclic) bond motifs is 1. The fraction of sp³-hybridized carbons (Fsp3) is 0.471. The zero-order chi connectivity index (χ0) is 15.5. The number of carbonyl (C=O) groups is 1. The fourth-order valence-electron chi connectivity index (χ4n) is 3.29. The Morgan fingerprint density at radius 3 is 3.09 bits per heavy atom. The van der Waals surface area contributed by atoms with Gasteiger partial charge < -0.3 is 9.88 Å².